The third-order valence-corrected chi connectivity index (χ3v) is 6.65. The minimum absolute atomic E-state index is 0.0217. The summed E-state index contributed by atoms with van der Waals surface area (Å²) < 4.78 is 47.4. The molecule has 0 saturated heterocycles. The van der Waals surface area contributed by atoms with Gasteiger partial charge >= 0.3 is 0 Å². The minimum atomic E-state index is -3.90. The molecule has 0 fully saturated rings. The Bertz CT molecular complexity index is 1220. The van der Waals surface area contributed by atoms with Crippen molar-refractivity contribution in [3.63, 3.8) is 0 Å². The molecule has 33 heavy (non-hydrogen) atoms. The second-order valence-electron chi connectivity index (χ2n) is 7.74. The highest BCUT2D eigenvalue weighted by atomic mass is 32.2. The van der Waals surface area contributed by atoms with Gasteiger partial charge in [-0.05, 0) is 60.9 Å². The van der Waals surface area contributed by atoms with E-state index in [1.54, 1.807) is 38.3 Å². The van der Waals surface area contributed by atoms with E-state index in [0.717, 1.165) is 11.1 Å². The van der Waals surface area contributed by atoms with Crippen molar-refractivity contribution in [1.82, 2.24) is 9.71 Å². The Hall–Kier alpha value is -3.01. The normalized spacial score (nSPS) is 12.4. The van der Waals surface area contributed by atoms with Crippen LogP contribution in [0.4, 0.5) is 10.2 Å². The van der Waals surface area contributed by atoms with E-state index in [2.05, 4.69) is 15.0 Å². The summed E-state index contributed by atoms with van der Waals surface area (Å²) in [6.07, 6.45) is -0.650. The highest BCUT2D eigenvalue weighted by Crippen LogP contribution is 2.23. The van der Waals surface area contributed by atoms with Gasteiger partial charge in [0, 0.05) is 25.2 Å². The fourth-order valence-corrected chi connectivity index (χ4v) is 4.55. The van der Waals surface area contributed by atoms with Crippen LogP contribution in [0.2, 0.25) is 0 Å². The standard InChI is InChI=1S/C24H28FN3O4S/c1-16-10-11-23(33(30,31)27-14-19-7-5-9-22(32-3)17(19)2)24(28-16)26-15-21(29)13-18-6-4-8-20(25)12-18/h4-12,21,27,29H,13-15H2,1-3H3,(H,26,28). The lowest BCUT2D eigenvalue weighted by atomic mass is 10.1. The zero-order chi connectivity index (χ0) is 24.0. The Morgan fingerprint density at radius 1 is 1.12 bits per heavy atom. The number of nitrogens with zero attached hydrogens (tertiary/aromatic N) is 1. The third kappa shape index (κ3) is 6.50. The molecule has 0 saturated carbocycles. The van der Waals surface area contributed by atoms with Crippen LogP contribution in [0.5, 0.6) is 5.75 Å². The number of aliphatic hydroxyl groups is 1. The quantitative estimate of drug-likeness (QED) is 0.418. The first kappa shape index (κ1) is 24.6. The minimum Gasteiger partial charge on any atom is -0.496 e. The van der Waals surface area contributed by atoms with E-state index < -0.39 is 16.1 Å². The first-order chi connectivity index (χ1) is 15.7. The molecular weight excluding hydrogens is 445 g/mol. The fraction of sp³-hybridized carbons (Fsp3) is 0.292. The molecule has 3 N–H and O–H groups in total. The molecule has 0 aliphatic heterocycles. The van der Waals surface area contributed by atoms with E-state index in [0.29, 0.717) is 17.0 Å². The molecule has 0 amide bonds. The SMILES string of the molecule is COc1cccc(CNS(=O)(=O)c2ccc(C)nc2NCC(O)Cc2cccc(F)c2)c1C. The molecule has 7 nitrogen and oxygen atoms in total. The van der Waals surface area contributed by atoms with Gasteiger partial charge in [-0.1, -0.05) is 24.3 Å². The summed E-state index contributed by atoms with van der Waals surface area (Å²) in [6, 6.07) is 14.5. The van der Waals surface area contributed by atoms with E-state index in [4.69, 9.17) is 4.74 Å². The van der Waals surface area contributed by atoms with Crippen molar-refractivity contribution in [2.24, 2.45) is 0 Å². The number of rotatable bonds is 10. The molecule has 1 aromatic heterocycles. The maximum Gasteiger partial charge on any atom is 0.244 e. The Morgan fingerprint density at radius 3 is 2.61 bits per heavy atom. The second-order valence-corrected chi connectivity index (χ2v) is 9.47. The van der Waals surface area contributed by atoms with Crippen LogP contribution in [0.15, 0.2) is 59.5 Å². The number of nitrogens with one attached hydrogen (secondary N) is 2. The molecule has 0 bridgehead atoms. The van der Waals surface area contributed by atoms with E-state index in [1.807, 2.05) is 19.1 Å². The van der Waals surface area contributed by atoms with Gasteiger partial charge in [0.1, 0.15) is 22.3 Å². The number of anilines is 1. The fourth-order valence-electron chi connectivity index (χ4n) is 3.43. The highest BCUT2D eigenvalue weighted by molar-refractivity contribution is 7.89. The molecule has 0 aliphatic carbocycles. The van der Waals surface area contributed by atoms with E-state index in [-0.39, 0.29) is 36.0 Å². The van der Waals surface area contributed by atoms with Crippen molar-refractivity contribution in [3.05, 3.63) is 82.8 Å². The van der Waals surface area contributed by atoms with Crippen LogP contribution in [0.1, 0.15) is 22.4 Å². The summed E-state index contributed by atoms with van der Waals surface area (Å²) in [6.45, 7) is 3.74. The van der Waals surface area contributed by atoms with Crippen molar-refractivity contribution in [2.45, 2.75) is 37.8 Å². The predicted octanol–water partition coefficient (Wildman–Crippen LogP) is 3.34. The maximum absolute atomic E-state index is 13.4. The zero-order valence-electron chi connectivity index (χ0n) is 18.8. The molecule has 0 radical (unpaired) electrons. The number of aromatic nitrogens is 1. The Kier molecular flexibility index (Phi) is 8.01. The maximum atomic E-state index is 13.4. The van der Waals surface area contributed by atoms with Crippen LogP contribution in [0.25, 0.3) is 0 Å². The van der Waals surface area contributed by atoms with E-state index in [1.165, 1.54) is 18.2 Å². The van der Waals surface area contributed by atoms with Crippen molar-refractivity contribution in [1.29, 1.82) is 0 Å². The van der Waals surface area contributed by atoms with Crippen LogP contribution in [0.3, 0.4) is 0 Å². The number of halogens is 1. The van der Waals surface area contributed by atoms with Gasteiger partial charge in [0.25, 0.3) is 0 Å². The molecule has 3 aromatic rings. The number of hydrogen-bond acceptors (Lipinski definition) is 6. The summed E-state index contributed by atoms with van der Waals surface area (Å²) in [4.78, 5) is 4.29. The summed E-state index contributed by atoms with van der Waals surface area (Å²) in [5.41, 5.74) is 2.91. The third-order valence-electron chi connectivity index (χ3n) is 5.22. The summed E-state index contributed by atoms with van der Waals surface area (Å²) in [5, 5.41) is 13.3. The first-order valence-corrected chi connectivity index (χ1v) is 11.9. The van der Waals surface area contributed by atoms with E-state index in [9.17, 15) is 17.9 Å². The van der Waals surface area contributed by atoms with Crippen molar-refractivity contribution >= 4 is 15.8 Å². The monoisotopic (exact) mass is 473 g/mol. The molecule has 0 spiro atoms. The predicted molar refractivity (Wildman–Crippen MR) is 125 cm³/mol. The van der Waals surface area contributed by atoms with Crippen molar-refractivity contribution in [3.8, 4) is 5.75 Å². The highest BCUT2D eigenvalue weighted by Gasteiger charge is 2.21. The lowest BCUT2D eigenvalue weighted by molar-refractivity contribution is 0.188. The van der Waals surface area contributed by atoms with Crippen LogP contribution >= 0.6 is 0 Å². The molecule has 176 valence electrons. The lowest BCUT2D eigenvalue weighted by Gasteiger charge is -2.16. The van der Waals surface area contributed by atoms with Gasteiger partial charge in [-0.2, -0.15) is 0 Å². The molecule has 1 heterocycles. The number of ether oxygens (including phenoxy) is 1. The molecule has 0 aliphatic rings. The molecule has 1 atom stereocenters. The molecular formula is C24H28FN3O4S. The Morgan fingerprint density at radius 2 is 1.88 bits per heavy atom. The number of sulfonamides is 1. The van der Waals surface area contributed by atoms with Crippen LogP contribution in [-0.2, 0) is 23.0 Å². The van der Waals surface area contributed by atoms with Crippen molar-refractivity contribution in [2.75, 3.05) is 19.0 Å². The molecule has 3 rings (SSSR count). The van der Waals surface area contributed by atoms with Gasteiger partial charge in [0.05, 0.1) is 13.2 Å². The Balaban J connectivity index is 1.72. The summed E-state index contributed by atoms with van der Waals surface area (Å²) >= 11 is 0. The number of aryl methyl sites for hydroxylation is 1. The number of methoxy groups -OCH3 is 1. The molecule has 9 heteroatoms. The van der Waals surface area contributed by atoms with Crippen LogP contribution in [-0.4, -0.2) is 38.3 Å². The number of hydrogen-bond donors (Lipinski definition) is 3. The molecule has 2 aromatic carbocycles. The van der Waals surface area contributed by atoms with E-state index >= 15 is 0 Å². The van der Waals surface area contributed by atoms with Gasteiger partial charge in [0.15, 0.2) is 0 Å². The number of benzene rings is 2. The van der Waals surface area contributed by atoms with Crippen LogP contribution < -0.4 is 14.8 Å². The average molecular weight is 474 g/mol. The second kappa shape index (κ2) is 10.7. The first-order valence-electron chi connectivity index (χ1n) is 10.5. The van der Waals surface area contributed by atoms with Gasteiger partial charge < -0.3 is 15.2 Å². The van der Waals surface area contributed by atoms with Gasteiger partial charge in [-0.15, -0.1) is 0 Å². The summed E-state index contributed by atoms with van der Waals surface area (Å²) in [7, 11) is -2.34. The number of aliphatic hydroxyl groups excluding tert-OH is 1. The zero-order valence-corrected chi connectivity index (χ0v) is 19.6. The summed E-state index contributed by atoms with van der Waals surface area (Å²) in [5.74, 6) is 0.445. The van der Waals surface area contributed by atoms with Gasteiger partial charge in [-0.25, -0.2) is 22.5 Å². The smallest absolute Gasteiger partial charge is 0.244 e. The van der Waals surface area contributed by atoms with Crippen molar-refractivity contribution < 1.29 is 22.7 Å². The topological polar surface area (TPSA) is 101 Å². The van der Waals surface area contributed by atoms with Gasteiger partial charge in [0.2, 0.25) is 10.0 Å². The Labute approximate surface area is 193 Å². The van der Waals surface area contributed by atoms with Crippen LogP contribution in [0, 0.1) is 19.7 Å². The number of pyridine rings is 1. The lowest BCUT2D eigenvalue weighted by Crippen LogP contribution is -2.27. The largest absolute Gasteiger partial charge is 0.496 e. The van der Waals surface area contributed by atoms with Gasteiger partial charge in [-0.3, -0.25) is 0 Å². The molecule has 1 unspecified atom stereocenters. The average Bonchev–Trinajstić information content (AvgIpc) is 2.77.